The van der Waals surface area contributed by atoms with E-state index in [-0.39, 0.29) is 38.5 Å². The van der Waals surface area contributed by atoms with Gasteiger partial charge in [-0.15, -0.1) is 0 Å². The van der Waals surface area contributed by atoms with E-state index < -0.39 is 12.6 Å². The molecule has 0 aliphatic carbocycles. The topological polar surface area (TPSA) is 241 Å². The van der Waals surface area contributed by atoms with Gasteiger partial charge in [-0.25, -0.2) is 4.79 Å². The Morgan fingerprint density at radius 2 is 0.923 bits per heavy atom. The minimum Gasteiger partial charge on any atom is -0.497 e. The number of aromatic nitrogens is 5. The molecule has 0 fully saturated rings. The van der Waals surface area contributed by atoms with Crippen molar-refractivity contribution < 1.29 is 75.2 Å². The lowest BCUT2D eigenvalue weighted by atomic mass is 10.1. The Kier molecular flexibility index (Phi) is 20.8. The van der Waals surface area contributed by atoms with Gasteiger partial charge < -0.3 is 79.7 Å². The van der Waals surface area contributed by atoms with Crippen molar-refractivity contribution in [2.75, 3.05) is 55.4 Å². The molecule has 8 aromatic carbocycles. The number of alkyl halides is 2. The maximum Gasteiger partial charge on any atom is 0.387 e. The molecule has 0 N–H and O–H groups in total. The second-order valence-corrected chi connectivity index (χ2v) is 23.8. The van der Waals surface area contributed by atoms with Gasteiger partial charge in [-0.1, -0.05) is 0 Å². The molecule has 8 heterocycles. The number of methoxy groups -OCH3 is 4. The summed E-state index contributed by atoms with van der Waals surface area (Å²) in [6.07, 6.45) is 7.43. The molecule has 0 spiro atoms. The van der Waals surface area contributed by atoms with Crippen LogP contribution in [0.15, 0.2) is 170 Å². The molecular weight excluding hydrogens is 1330 g/mol. The molecule has 24 heteroatoms. The quantitative estimate of drug-likeness (QED) is 0.0726. The first-order chi connectivity index (χ1) is 50.4. The lowest BCUT2D eigenvalue weighted by Gasteiger charge is -2.11. The monoisotopic (exact) mass is 1400 g/mol. The van der Waals surface area contributed by atoms with Crippen molar-refractivity contribution in [1.82, 2.24) is 22.8 Å². The standard InChI is InChI=1S/C20H19F2NO4.C18H17NO3.C17H12N2O3.C13H12N2O2.C12H10N2O2/c1-4-26-19(24)18-12(2)23(13-5-7-14(25-3)8-6-13)17-11-15(27-20(21)22)9-10-16(17)18;1-12(20)17-11-19(13-4-6-14(21-2)7-5-13)18-9-8-15(22-3)10-16(17)18;1-20-13-4-2-12(3-5-13)19-9-11(8-18)14-6-16-17(7-15(14)19)22-10-21-16;1-8(2)15-6-9(5-14)10-3-12-13(4-11(10)15)17-7-16-12;1-2-14-6-8(5-13)9-3-11-12(4-10(9)14)16-7-15-11/h5-11,20H,4H2,1-3H3;4-11H,1-3H3;2-7,9H,10H2,1H3;3-4,6,8H,7H2,1-2H3;3-4,6H,2,7H2,1H3. The molecule has 3 aliphatic rings. The molecule has 3 aliphatic heterocycles. The summed E-state index contributed by atoms with van der Waals surface area (Å²) in [5, 5.41) is 31.8. The van der Waals surface area contributed by atoms with Gasteiger partial charge in [0.2, 0.25) is 20.4 Å². The van der Waals surface area contributed by atoms with Crippen LogP contribution in [0.4, 0.5) is 8.78 Å². The van der Waals surface area contributed by atoms with Crippen LogP contribution in [0.3, 0.4) is 0 Å². The van der Waals surface area contributed by atoms with Crippen molar-refractivity contribution in [2.45, 2.75) is 60.7 Å². The largest absolute Gasteiger partial charge is 0.497 e. The number of hydrogen-bond donors (Lipinski definition) is 0. The number of ether oxygens (including phenoxy) is 12. The minimum atomic E-state index is -2.93. The number of aryl methyl sites for hydroxylation is 1. The van der Waals surface area contributed by atoms with Crippen LogP contribution in [0, 0.1) is 40.9 Å². The molecule has 104 heavy (non-hydrogen) atoms. The Hall–Kier alpha value is -13.3. The van der Waals surface area contributed by atoms with Crippen molar-refractivity contribution in [1.29, 1.82) is 15.8 Å². The summed E-state index contributed by atoms with van der Waals surface area (Å²) in [6, 6.07) is 51.2. The van der Waals surface area contributed by atoms with Crippen LogP contribution in [-0.2, 0) is 11.3 Å². The zero-order valence-corrected chi connectivity index (χ0v) is 58.4. The highest BCUT2D eigenvalue weighted by Gasteiger charge is 2.26. The number of fused-ring (bicyclic) bond motifs is 8. The van der Waals surface area contributed by atoms with Crippen LogP contribution in [0.2, 0.25) is 0 Å². The second kappa shape index (κ2) is 30.7. The van der Waals surface area contributed by atoms with E-state index in [9.17, 15) is 23.6 Å². The Labute approximate surface area is 596 Å². The normalized spacial score (nSPS) is 11.9. The van der Waals surface area contributed by atoms with E-state index in [2.05, 4.69) is 41.4 Å². The van der Waals surface area contributed by atoms with E-state index >= 15 is 0 Å². The molecule has 13 aromatic rings. The van der Waals surface area contributed by atoms with Gasteiger partial charge in [-0.05, 0) is 163 Å². The maximum atomic E-state index is 12.6. The van der Waals surface area contributed by atoms with Crippen LogP contribution in [-0.4, -0.2) is 96.6 Å². The molecule has 22 nitrogen and oxygen atoms in total. The van der Waals surface area contributed by atoms with Gasteiger partial charge in [0.1, 0.15) is 47.0 Å². The number of carbonyl (C=O) groups excluding carboxylic acids is 2. The average molecular weight is 1410 g/mol. The van der Waals surface area contributed by atoms with E-state index in [1.165, 1.54) is 12.1 Å². The van der Waals surface area contributed by atoms with E-state index in [1.54, 1.807) is 72.0 Å². The smallest absolute Gasteiger partial charge is 0.387 e. The number of nitriles is 3. The molecule has 16 rings (SSSR count). The van der Waals surface area contributed by atoms with Crippen molar-refractivity contribution in [3.8, 4) is 98.5 Å². The van der Waals surface area contributed by atoms with Gasteiger partial charge in [0.15, 0.2) is 40.3 Å². The molecule has 0 atom stereocenters. The van der Waals surface area contributed by atoms with Crippen molar-refractivity contribution >= 4 is 66.3 Å². The van der Waals surface area contributed by atoms with Gasteiger partial charge in [0.05, 0.1) is 84.9 Å². The zero-order chi connectivity index (χ0) is 73.5. The lowest BCUT2D eigenvalue weighted by molar-refractivity contribution is -0.0497. The number of carbonyl (C=O) groups is 2. The van der Waals surface area contributed by atoms with Crippen LogP contribution in [0.5, 0.6) is 63.2 Å². The Morgan fingerprint density at radius 1 is 0.481 bits per heavy atom. The van der Waals surface area contributed by atoms with Crippen LogP contribution < -0.4 is 52.1 Å². The van der Waals surface area contributed by atoms with Gasteiger partial charge in [0.25, 0.3) is 0 Å². The first-order valence-electron chi connectivity index (χ1n) is 32.9. The predicted octanol–water partition coefficient (Wildman–Crippen LogP) is 16.9. The highest BCUT2D eigenvalue weighted by Crippen LogP contribution is 2.42. The van der Waals surface area contributed by atoms with E-state index in [0.717, 1.165) is 107 Å². The Morgan fingerprint density at radius 3 is 1.40 bits per heavy atom. The first kappa shape index (κ1) is 70.6. The Balaban J connectivity index is 0.000000124. The third-order valence-electron chi connectivity index (χ3n) is 17.6. The summed E-state index contributed by atoms with van der Waals surface area (Å²) >= 11 is 0. The van der Waals surface area contributed by atoms with Crippen LogP contribution >= 0.6 is 0 Å². The predicted molar refractivity (Wildman–Crippen MR) is 386 cm³/mol. The van der Waals surface area contributed by atoms with Crippen molar-refractivity contribution in [2.24, 2.45) is 0 Å². The fourth-order valence-corrected chi connectivity index (χ4v) is 12.5. The highest BCUT2D eigenvalue weighted by atomic mass is 19.3. The van der Waals surface area contributed by atoms with Crippen molar-refractivity contribution in [3.63, 3.8) is 0 Å². The van der Waals surface area contributed by atoms with Crippen LogP contribution in [0.25, 0.3) is 71.6 Å². The minimum absolute atomic E-state index is 0.0140. The fourth-order valence-electron chi connectivity index (χ4n) is 12.5. The number of hydrogen-bond acceptors (Lipinski definition) is 17. The van der Waals surface area contributed by atoms with Gasteiger partial charge in [-0.3, -0.25) is 4.79 Å². The molecule has 0 amide bonds. The van der Waals surface area contributed by atoms with E-state index in [4.69, 9.17) is 62.6 Å². The number of rotatable bonds is 14. The molecule has 0 radical (unpaired) electrons. The van der Waals surface area contributed by atoms with Gasteiger partial charge >= 0.3 is 12.6 Å². The summed E-state index contributed by atoms with van der Waals surface area (Å²) in [5.74, 6) is 6.91. The second-order valence-electron chi connectivity index (χ2n) is 23.8. The van der Waals surface area contributed by atoms with E-state index in [1.807, 2.05) is 161 Å². The summed E-state index contributed by atoms with van der Waals surface area (Å²) < 4.78 is 97.8. The van der Waals surface area contributed by atoms with Gasteiger partial charge in [0, 0.05) is 117 Å². The van der Waals surface area contributed by atoms with E-state index in [0.29, 0.717) is 67.7 Å². The summed E-state index contributed by atoms with van der Waals surface area (Å²) in [6.45, 7) is 10.2. The summed E-state index contributed by atoms with van der Waals surface area (Å²) in [4.78, 5) is 24.4. The number of Topliss-reactive ketones (excluding diaryl/α,β-unsaturated/α-hetero) is 1. The fraction of sp³-hybridized carbons (Fsp3) is 0.212. The molecule has 0 saturated carbocycles. The average Bonchev–Trinajstić information content (AvgIpc) is 1.62. The van der Waals surface area contributed by atoms with Gasteiger partial charge in [-0.2, -0.15) is 24.6 Å². The summed E-state index contributed by atoms with van der Waals surface area (Å²) in [5.41, 5.74) is 10.8. The first-order valence-corrected chi connectivity index (χ1v) is 32.9. The highest BCUT2D eigenvalue weighted by molar-refractivity contribution is 6.08. The molecular formula is C80H70F2N8O14. The molecule has 528 valence electrons. The number of esters is 1. The Bertz CT molecular complexity index is 5520. The van der Waals surface area contributed by atoms with Crippen LogP contribution in [0.1, 0.15) is 83.8 Å². The third kappa shape index (κ3) is 14.1. The SMILES string of the molecule is CC(C)n1cc(C#N)c2cc3c(cc21)OCO3.CCOC(=O)c1c(C)n(-c2ccc(OC)cc2)c2cc(OC(F)F)ccc12.CCn1cc(C#N)c2cc3c(cc21)OCO3.COc1ccc(-n2cc(C#N)c3cc4c(cc32)OCO4)cc1.COc1ccc(-n2cc(C(C)=O)c3cc(OC)ccc32)cc1. The van der Waals surface area contributed by atoms with Crippen molar-refractivity contribution in [3.05, 3.63) is 204 Å². The molecule has 0 unspecified atom stereocenters. The summed E-state index contributed by atoms with van der Waals surface area (Å²) in [7, 11) is 6.46. The maximum absolute atomic E-state index is 12.6. The lowest BCUT2D eigenvalue weighted by Crippen LogP contribution is -2.07. The number of benzene rings is 8. The number of nitrogens with zero attached hydrogens (tertiary/aromatic N) is 8. The zero-order valence-electron chi connectivity index (χ0n) is 58.4. The molecule has 0 saturated heterocycles. The third-order valence-corrected chi connectivity index (χ3v) is 17.6. The number of halogens is 2. The molecule has 5 aromatic heterocycles. The number of ketones is 1. The molecule has 0 bridgehead atoms.